The molecule has 4 nitrogen and oxygen atoms in total. The van der Waals surface area contributed by atoms with E-state index in [9.17, 15) is 9.59 Å². The monoisotopic (exact) mass is 220 g/mol. The highest BCUT2D eigenvalue weighted by Crippen LogP contribution is 2.01. The van der Waals surface area contributed by atoms with Crippen LogP contribution in [0.4, 0.5) is 0 Å². The van der Waals surface area contributed by atoms with E-state index in [0.29, 0.717) is 18.5 Å². The number of hydrogen-bond acceptors (Lipinski definition) is 3. The van der Waals surface area contributed by atoms with Gasteiger partial charge in [0.2, 0.25) is 5.91 Å². The summed E-state index contributed by atoms with van der Waals surface area (Å²) in [6, 6.07) is 8.47. The van der Waals surface area contributed by atoms with Gasteiger partial charge in [-0.05, 0) is 6.92 Å². The lowest BCUT2D eigenvalue weighted by Gasteiger charge is -2.06. The van der Waals surface area contributed by atoms with Crippen LogP contribution in [0.25, 0.3) is 0 Å². The predicted octanol–water partition coefficient (Wildman–Crippen LogP) is 0.723. The highest BCUT2D eigenvalue weighted by molar-refractivity contribution is 5.96. The zero-order valence-electron chi connectivity index (χ0n) is 9.27. The first-order chi connectivity index (χ1) is 7.61. The van der Waals surface area contributed by atoms with Crippen LogP contribution < -0.4 is 11.1 Å². The first-order valence-electron chi connectivity index (χ1n) is 5.23. The van der Waals surface area contributed by atoms with Crippen molar-refractivity contribution in [2.75, 3.05) is 6.54 Å². The number of nitrogens with two attached hydrogens (primary N) is 1. The Labute approximate surface area is 94.8 Å². The van der Waals surface area contributed by atoms with Crippen molar-refractivity contribution in [1.29, 1.82) is 0 Å². The first-order valence-corrected chi connectivity index (χ1v) is 5.23. The maximum atomic E-state index is 11.6. The minimum absolute atomic E-state index is 0.0191. The molecule has 0 bridgehead atoms. The van der Waals surface area contributed by atoms with Crippen LogP contribution in [-0.4, -0.2) is 24.3 Å². The Morgan fingerprint density at radius 1 is 1.31 bits per heavy atom. The molecule has 0 aliphatic heterocycles. The van der Waals surface area contributed by atoms with E-state index in [2.05, 4.69) is 5.32 Å². The number of rotatable bonds is 5. The topological polar surface area (TPSA) is 72.2 Å². The zero-order chi connectivity index (χ0) is 12.0. The van der Waals surface area contributed by atoms with Gasteiger partial charge >= 0.3 is 0 Å². The molecule has 3 N–H and O–H groups in total. The zero-order valence-corrected chi connectivity index (χ0v) is 9.27. The number of carbonyl (C=O) groups excluding carboxylic acids is 2. The largest absolute Gasteiger partial charge is 0.354 e. The summed E-state index contributed by atoms with van der Waals surface area (Å²) in [5.41, 5.74) is 6.03. The van der Waals surface area contributed by atoms with Crippen molar-refractivity contribution in [3.63, 3.8) is 0 Å². The van der Waals surface area contributed by atoms with Crippen LogP contribution in [0.3, 0.4) is 0 Å². The highest BCUT2D eigenvalue weighted by atomic mass is 16.2. The van der Waals surface area contributed by atoms with Crippen LogP contribution in [0.1, 0.15) is 23.7 Å². The molecule has 0 aromatic heterocycles. The van der Waals surface area contributed by atoms with E-state index in [-0.39, 0.29) is 11.7 Å². The Kier molecular flexibility index (Phi) is 4.66. The normalized spacial score (nSPS) is 11.9. The van der Waals surface area contributed by atoms with E-state index in [1.54, 1.807) is 19.1 Å². The van der Waals surface area contributed by atoms with Gasteiger partial charge in [-0.2, -0.15) is 0 Å². The van der Waals surface area contributed by atoms with Gasteiger partial charge in [-0.15, -0.1) is 0 Å². The summed E-state index contributed by atoms with van der Waals surface area (Å²) in [5.74, 6) is -0.216. The maximum absolute atomic E-state index is 11.6. The van der Waals surface area contributed by atoms with Crippen LogP contribution in [0.2, 0.25) is 0 Å². The number of carbonyl (C=O) groups is 2. The summed E-state index contributed by atoms with van der Waals surface area (Å²) < 4.78 is 0. The van der Waals surface area contributed by atoms with Crippen LogP contribution in [0.15, 0.2) is 30.3 Å². The highest BCUT2D eigenvalue weighted by Gasteiger charge is 2.08. The number of benzene rings is 1. The molecule has 1 aromatic carbocycles. The molecule has 0 unspecified atom stereocenters. The van der Waals surface area contributed by atoms with Crippen molar-refractivity contribution in [1.82, 2.24) is 5.32 Å². The fourth-order valence-corrected chi connectivity index (χ4v) is 1.23. The van der Waals surface area contributed by atoms with Gasteiger partial charge in [-0.3, -0.25) is 9.59 Å². The average Bonchev–Trinajstić information content (AvgIpc) is 2.29. The van der Waals surface area contributed by atoms with Crippen molar-refractivity contribution >= 4 is 11.7 Å². The lowest BCUT2D eigenvalue weighted by Crippen LogP contribution is -2.39. The Hall–Kier alpha value is -1.68. The molecule has 4 heteroatoms. The standard InChI is InChI=1S/C12H16N2O2/c1-9(13)12(16)14-8-7-11(15)10-5-3-2-4-6-10/h2-6,9H,7-8,13H2,1H3,(H,14,16)/t9-/m0/s1. The van der Waals surface area contributed by atoms with Crippen LogP contribution in [0, 0.1) is 0 Å². The van der Waals surface area contributed by atoms with Crippen molar-refractivity contribution < 1.29 is 9.59 Å². The van der Waals surface area contributed by atoms with Gasteiger partial charge in [0.25, 0.3) is 0 Å². The Balaban J connectivity index is 2.34. The van der Waals surface area contributed by atoms with Gasteiger partial charge in [0, 0.05) is 18.5 Å². The third kappa shape index (κ3) is 3.82. The molecule has 16 heavy (non-hydrogen) atoms. The summed E-state index contributed by atoms with van der Waals surface area (Å²) in [6.07, 6.45) is 0.294. The van der Waals surface area contributed by atoms with Gasteiger partial charge in [0.1, 0.15) is 0 Å². The molecular weight excluding hydrogens is 204 g/mol. The molecule has 0 radical (unpaired) electrons. The van der Waals surface area contributed by atoms with Crippen molar-refractivity contribution in [3.8, 4) is 0 Å². The van der Waals surface area contributed by atoms with Gasteiger partial charge in [0.05, 0.1) is 6.04 Å². The molecule has 0 saturated heterocycles. The fraction of sp³-hybridized carbons (Fsp3) is 0.333. The Bertz CT molecular complexity index is 361. The molecule has 0 aliphatic carbocycles. The summed E-state index contributed by atoms with van der Waals surface area (Å²) in [5, 5.41) is 2.60. The van der Waals surface area contributed by atoms with Crippen molar-refractivity contribution in [3.05, 3.63) is 35.9 Å². The van der Waals surface area contributed by atoms with E-state index in [1.807, 2.05) is 18.2 Å². The molecule has 0 heterocycles. The predicted molar refractivity (Wildman–Crippen MR) is 62.0 cm³/mol. The van der Waals surface area contributed by atoms with E-state index < -0.39 is 6.04 Å². The molecule has 1 rings (SSSR count). The minimum atomic E-state index is -0.535. The van der Waals surface area contributed by atoms with Gasteiger partial charge in [0.15, 0.2) is 5.78 Å². The average molecular weight is 220 g/mol. The number of hydrogen-bond donors (Lipinski definition) is 2. The second kappa shape index (κ2) is 6.02. The third-order valence-electron chi connectivity index (χ3n) is 2.16. The second-order valence-electron chi connectivity index (χ2n) is 3.62. The summed E-state index contributed by atoms with van der Waals surface area (Å²) in [4.78, 5) is 22.7. The number of ketones is 1. The fourth-order valence-electron chi connectivity index (χ4n) is 1.23. The number of Topliss-reactive ketones (excluding diaryl/α,β-unsaturated/α-hetero) is 1. The first kappa shape index (κ1) is 12.4. The van der Waals surface area contributed by atoms with Crippen LogP contribution in [0.5, 0.6) is 0 Å². The lowest BCUT2D eigenvalue weighted by atomic mass is 10.1. The Morgan fingerprint density at radius 2 is 1.94 bits per heavy atom. The van der Waals surface area contributed by atoms with Crippen molar-refractivity contribution in [2.45, 2.75) is 19.4 Å². The smallest absolute Gasteiger partial charge is 0.236 e. The minimum Gasteiger partial charge on any atom is -0.354 e. The van der Waals surface area contributed by atoms with E-state index in [0.717, 1.165) is 0 Å². The van der Waals surface area contributed by atoms with E-state index in [1.165, 1.54) is 0 Å². The molecule has 0 aliphatic rings. The second-order valence-corrected chi connectivity index (χ2v) is 3.62. The summed E-state index contributed by atoms with van der Waals surface area (Å²) >= 11 is 0. The SMILES string of the molecule is C[C@H](N)C(=O)NCCC(=O)c1ccccc1. The van der Waals surface area contributed by atoms with Gasteiger partial charge in [-0.25, -0.2) is 0 Å². The van der Waals surface area contributed by atoms with E-state index >= 15 is 0 Å². The Morgan fingerprint density at radius 3 is 2.50 bits per heavy atom. The number of nitrogens with one attached hydrogen (secondary N) is 1. The molecule has 0 saturated carbocycles. The quantitative estimate of drug-likeness (QED) is 0.718. The third-order valence-corrected chi connectivity index (χ3v) is 2.16. The molecule has 0 spiro atoms. The summed E-state index contributed by atoms with van der Waals surface area (Å²) in [6.45, 7) is 1.93. The van der Waals surface area contributed by atoms with Crippen molar-refractivity contribution in [2.24, 2.45) is 5.73 Å². The molecular formula is C12H16N2O2. The maximum Gasteiger partial charge on any atom is 0.236 e. The van der Waals surface area contributed by atoms with E-state index in [4.69, 9.17) is 5.73 Å². The molecule has 1 aromatic rings. The molecule has 0 fully saturated rings. The van der Waals surface area contributed by atoms with Gasteiger partial charge in [-0.1, -0.05) is 30.3 Å². The molecule has 1 amide bonds. The molecule has 1 atom stereocenters. The lowest BCUT2D eigenvalue weighted by molar-refractivity contribution is -0.121. The summed E-state index contributed by atoms with van der Waals surface area (Å²) in [7, 11) is 0. The van der Waals surface area contributed by atoms with Gasteiger partial charge < -0.3 is 11.1 Å². The molecule has 86 valence electrons. The van der Waals surface area contributed by atoms with Crippen LogP contribution >= 0.6 is 0 Å². The van der Waals surface area contributed by atoms with Crippen LogP contribution in [-0.2, 0) is 4.79 Å². The number of amides is 1.